The first-order valence-electron chi connectivity index (χ1n) is 6.44. The van der Waals surface area contributed by atoms with E-state index in [0.29, 0.717) is 0 Å². The van der Waals surface area contributed by atoms with Gasteiger partial charge in [0.2, 0.25) is 0 Å². The minimum Gasteiger partial charge on any atom is -0.497 e. The molecule has 0 radical (unpaired) electrons. The van der Waals surface area contributed by atoms with E-state index in [1.165, 1.54) is 5.56 Å². The first-order valence-corrected chi connectivity index (χ1v) is 6.44. The highest BCUT2D eigenvalue weighted by Crippen LogP contribution is 2.21. The van der Waals surface area contributed by atoms with Gasteiger partial charge in [0.05, 0.1) is 13.2 Å². The minimum atomic E-state index is -0.159. The van der Waals surface area contributed by atoms with Crippen molar-refractivity contribution in [1.29, 1.82) is 0 Å². The zero-order valence-electron chi connectivity index (χ0n) is 12.1. The van der Waals surface area contributed by atoms with Gasteiger partial charge in [-0.05, 0) is 31.2 Å². The standard InChI is InChI=1S/C14H22N2O2.2H2S/c1-15-14(10-16-7-6-12(17)9-16)11-4-3-5-13(8-11)18-2;;/h3-5,8,12,14-15,17H,6-7,9-10H2,1-2H3;2*1H2/t12-,14+;;/m0../s1. The summed E-state index contributed by atoms with van der Waals surface area (Å²) >= 11 is 0. The summed E-state index contributed by atoms with van der Waals surface area (Å²) in [7, 11) is 3.65. The van der Waals surface area contributed by atoms with Gasteiger partial charge in [0.1, 0.15) is 5.75 Å². The van der Waals surface area contributed by atoms with Gasteiger partial charge in [0.15, 0.2) is 0 Å². The average molecular weight is 319 g/mol. The SMILES string of the molecule is CN[C@H](CN1CC[C@H](O)C1)c1cccc(OC)c1.S.S. The van der Waals surface area contributed by atoms with Crippen LogP contribution in [0.15, 0.2) is 24.3 Å². The van der Waals surface area contributed by atoms with E-state index in [0.717, 1.165) is 31.8 Å². The van der Waals surface area contributed by atoms with Crippen molar-refractivity contribution in [3.8, 4) is 5.75 Å². The third-order valence-electron chi connectivity index (χ3n) is 3.53. The Bertz CT molecular complexity index is 393. The first kappa shape index (κ1) is 19.6. The Morgan fingerprint density at radius 3 is 2.75 bits per heavy atom. The van der Waals surface area contributed by atoms with Crippen molar-refractivity contribution in [2.75, 3.05) is 33.8 Å². The monoisotopic (exact) mass is 318 g/mol. The lowest BCUT2D eigenvalue weighted by molar-refractivity contribution is 0.173. The Morgan fingerprint density at radius 1 is 1.45 bits per heavy atom. The molecule has 116 valence electrons. The fraction of sp³-hybridized carbons (Fsp3) is 0.571. The highest BCUT2D eigenvalue weighted by Gasteiger charge is 2.23. The quantitative estimate of drug-likeness (QED) is 0.858. The van der Waals surface area contributed by atoms with Crippen LogP contribution in [-0.4, -0.2) is 49.9 Å². The van der Waals surface area contributed by atoms with Crippen LogP contribution in [0.2, 0.25) is 0 Å². The molecule has 1 aliphatic rings. The molecule has 1 aromatic rings. The molecule has 1 aliphatic heterocycles. The molecule has 2 atom stereocenters. The van der Waals surface area contributed by atoms with E-state index in [9.17, 15) is 5.11 Å². The molecule has 1 saturated heterocycles. The Kier molecular flexibility index (Phi) is 9.33. The second-order valence-electron chi connectivity index (χ2n) is 4.82. The van der Waals surface area contributed by atoms with Crippen molar-refractivity contribution in [2.45, 2.75) is 18.6 Å². The lowest BCUT2D eigenvalue weighted by Gasteiger charge is -2.23. The number of likely N-dealkylation sites (tertiary alicyclic amines) is 1. The molecule has 0 spiro atoms. The predicted octanol–water partition coefficient (Wildman–Crippen LogP) is 1.25. The summed E-state index contributed by atoms with van der Waals surface area (Å²) in [5.74, 6) is 0.884. The van der Waals surface area contributed by atoms with Crippen LogP contribution in [0, 0.1) is 0 Å². The van der Waals surface area contributed by atoms with Gasteiger partial charge in [-0.1, -0.05) is 12.1 Å². The largest absolute Gasteiger partial charge is 0.497 e. The van der Waals surface area contributed by atoms with E-state index in [2.05, 4.69) is 22.3 Å². The number of aliphatic hydroxyl groups excluding tert-OH is 1. The molecule has 6 heteroatoms. The molecular weight excluding hydrogens is 292 g/mol. The van der Waals surface area contributed by atoms with Crippen LogP contribution in [0.4, 0.5) is 0 Å². The van der Waals surface area contributed by atoms with Crippen LogP contribution in [0.5, 0.6) is 5.75 Å². The number of benzene rings is 1. The van der Waals surface area contributed by atoms with E-state index in [1.807, 2.05) is 19.2 Å². The third kappa shape index (κ3) is 5.18. The summed E-state index contributed by atoms with van der Waals surface area (Å²) in [5.41, 5.74) is 1.22. The topological polar surface area (TPSA) is 44.7 Å². The molecule has 0 bridgehead atoms. The summed E-state index contributed by atoms with van der Waals surface area (Å²) in [6.07, 6.45) is 0.724. The number of ether oxygens (including phenoxy) is 1. The number of nitrogens with one attached hydrogen (secondary N) is 1. The molecule has 0 unspecified atom stereocenters. The van der Waals surface area contributed by atoms with Crippen LogP contribution in [0.1, 0.15) is 18.0 Å². The maximum atomic E-state index is 9.56. The van der Waals surface area contributed by atoms with Crippen molar-refractivity contribution < 1.29 is 9.84 Å². The molecule has 0 saturated carbocycles. The van der Waals surface area contributed by atoms with Gasteiger partial charge < -0.3 is 15.2 Å². The maximum absolute atomic E-state index is 9.56. The van der Waals surface area contributed by atoms with Crippen molar-refractivity contribution in [2.24, 2.45) is 0 Å². The number of aliphatic hydroxyl groups is 1. The zero-order chi connectivity index (χ0) is 13.0. The van der Waals surface area contributed by atoms with Gasteiger partial charge in [-0.25, -0.2) is 0 Å². The molecule has 2 rings (SSSR count). The van der Waals surface area contributed by atoms with E-state index >= 15 is 0 Å². The molecule has 0 amide bonds. The second-order valence-corrected chi connectivity index (χ2v) is 4.82. The molecule has 2 N–H and O–H groups in total. The predicted molar refractivity (Wildman–Crippen MR) is 92.6 cm³/mol. The van der Waals surface area contributed by atoms with E-state index in [-0.39, 0.29) is 39.1 Å². The van der Waals surface area contributed by atoms with Crippen LogP contribution in [0.25, 0.3) is 0 Å². The van der Waals surface area contributed by atoms with Gasteiger partial charge >= 0.3 is 0 Å². The van der Waals surface area contributed by atoms with E-state index in [1.54, 1.807) is 7.11 Å². The number of β-amino-alcohol motifs (C(OH)–C–C–N with tert-alkyl or cyclic N) is 1. The van der Waals surface area contributed by atoms with Crippen LogP contribution >= 0.6 is 27.0 Å². The highest BCUT2D eigenvalue weighted by molar-refractivity contribution is 7.59. The molecule has 1 heterocycles. The summed E-state index contributed by atoms with van der Waals surface area (Å²) in [5, 5.41) is 12.9. The van der Waals surface area contributed by atoms with Crippen molar-refractivity contribution in [1.82, 2.24) is 10.2 Å². The average Bonchev–Trinajstić information content (AvgIpc) is 2.81. The molecule has 20 heavy (non-hydrogen) atoms. The van der Waals surface area contributed by atoms with Crippen molar-refractivity contribution in [3.63, 3.8) is 0 Å². The normalized spacial score (nSPS) is 19.9. The van der Waals surface area contributed by atoms with Crippen LogP contribution in [-0.2, 0) is 0 Å². The van der Waals surface area contributed by atoms with Gasteiger partial charge in [-0.2, -0.15) is 27.0 Å². The van der Waals surface area contributed by atoms with Crippen molar-refractivity contribution >= 4 is 27.0 Å². The van der Waals surface area contributed by atoms with Crippen LogP contribution in [0.3, 0.4) is 0 Å². The fourth-order valence-corrected chi connectivity index (χ4v) is 2.46. The van der Waals surface area contributed by atoms with Gasteiger partial charge in [0.25, 0.3) is 0 Å². The van der Waals surface area contributed by atoms with Gasteiger partial charge in [-0.3, -0.25) is 4.90 Å². The number of hydrogen-bond donors (Lipinski definition) is 2. The minimum absolute atomic E-state index is 0. The summed E-state index contributed by atoms with van der Waals surface area (Å²) in [6, 6.07) is 8.40. The third-order valence-corrected chi connectivity index (χ3v) is 3.53. The smallest absolute Gasteiger partial charge is 0.119 e. The first-order chi connectivity index (χ1) is 8.72. The lowest BCUT2D eigenvalue weighted by Crippen LogP contribution is -2.33. The molecule has 1 aromatic carbocycles. The molecular formula is C14H26N2O2S2. The number of methoxy groups -OCH3 is 1. The molecule has 0 aromatic heterocycles. The summed E-state index contributed by atoms with van der Waals surface area (Å²) < 4.78 is 5.26. The highest BCUT2D eigenvalue weighted by atomic mass is 32.1. The molecule has 0 aliphatic carbocycles. The Morgan fingerprint density at radius 2 is 2.20 bits per heavy atom. The number of rotatable bonds is 5. The number of hydrogen-bond acceptors (Lipinski definition) is 4. The summed E-state index contributed by atoms with van der Waals surface area (Å²) in [4.78, 5) is 2.30. The van der Waals surface area contributed by atoms with Crippen LogP contribution < -0.4 is 10.1 Å². The van der Waals surface area contributed by atoms with Gasteiger partial charge in [0, 0.05) is 25.7 Å². The number of likely N-dealkylation sites (N-methyl/N-ethyl adjacent to an activating group) is 1. The fourth-order valence-electron chi connectivity index (χ4n) is 2.46. The van der Waals surface area contributed by atoms with E-state index in [4.69, 9.17) is 4.74 Å². The maximum Gasteiger partial charge on any atom is 0.119 e. The molecule has 4 nitrogen and oxygen atoms in total. The Balaban J connectivity index is 0.00000180. The Hall–Kier alpha value is -0.400. The number of nitrogens with zero attached hydrogens (tertiary/aromatic N) is 1. The summed E-state index contributed by atoms with van der Waals surface area (Å²) in [6.45, 7) is 2.67. The second kappa shape index (κ2) is 9.52. The molecule has 1 fully saturated rings. The lowest BCUT2D eigenvalue weighted by atomic mass is 10.1. The van der Waals surface area contributed by atoms with Gasteiger partial charge in [-0.15, -0.1) is 0 Å². The van der Waals surface area contributed by atoms with Crippen molar-refractivity contribution in [3.05, 3.63) is 29.8 Å². The van der Waals surface area contributed by atoms with E-state index < -0.39 is 0 Å². The Labute approximate surface area is 135 Å². The zero-order valence-corrected chi connectivity index (χ0v) is 14.1.